The zero-order valence-electron chi connectivity index (χ0n) is 9.33. The van der Waals surface area contributed by atoms with Gasteiger partial charge in [0.15, 0.2) is 5.60 Å². The van der Waals surface area contributed by atoms with Crippen LogP contribution in [0.4, 0.5) is 0 Å². The second-order valence-electron chi connectivity index (χ2n) is 5.47. The Labute approximate surface area is 90.5 Å². The van der Waals surface area contributed by atoms with E-state index < -0.39 is 11.6 Å². The standard InChI is InChI=1S/C12H20O3/c1-11(15,10(13)14)9-5-4-8-12(9)6-2-3-7-12/h9,15H,2-8H2,1H3,(H,13,14). The molecule has 86 valence electrons. The lowest BCUT2D eigenvalue weighted by Gasteiger charge is -2.38. The molecule has 2 aliphatic carbocycles. The fourth-order valence-corrected chi connectivity index (χ4v) is 3.84. The number of carbonyl (C=O) groups is 1. The van der Waals surface area contributed by atoms with Gasteiger partial charge in [-0.2, -0.15) is 0 Å². The van der Waals surface area contributed by atoms with Crippen molar-refractivity contribution in [3.63, 3.8) is 0 Å². The summed E-state index contributed by atoms with van der Waals surface area (Å²) >= 11 is 0. The first kappa shape index (κ1) is 10.9. The third kappa shape index (κ3) is 1.57. The molecule has 15 heavy (non-hydrogen) atoms. The maximum absolute atomic E-state index is 11.1. The molecule has 3 nitrogen and oxygen atoms in total. The zero-order valence-corrected chi connectivity index (χ0v) is 9.33. The Hall–Kier alpha value is -0.570. The predicted molar refractivity (Wildman–Crippen MR) is 56.5 cm³/mol. The van der Waals surface area contributed by atoms with E-state index in [4.69, 9.17) is 5.11 Å². The Balaban J connectivity index is 2.24. The molecule has 0 radical (unpaired) electrons. The van der Waals surface area contributed by atoms with Crippen LogP contribution in [0, 0.1) is 11.3 Å². The maximum Gasteiger partial charge on any atom is 0.335 e. The highest BCUT2D eigenvalue weighted by Crippen LogP contribution is 2.57. The van der Waals surface area contributed by atoms with Crippen molar-refractivity contribution in [2.75, 3.05) is 0 Å². The summed E-state index contributed by atoms with van der Waals surface area (Å²) in [5.41, 5.74) is -1.39. The van der Waals surface area contributed by atoms with Crippen LogP contribution in [0.25, 0.3) is 0 Å². The maximum atomic E-state index is 11.1. The summed E-state index contributed by atoms with van der Waals surface area (Å²) in [4.78, 5) is 11.1. The van der Waals surface area contributed by atoms with E-state index in [0.717, 1.165) is 32.1 Å². The molecule has 0 heterocycles. The van der Waals surface area contributed by atoms with E-state index in [1.165, 1.54) is 19.8 Å². The molecule has 0 bridgehead atoms. The molecule has 1 spiro atoms. The van der Waals surface area contributed by atoms with Gasteiger partial charge in [0.2, 0.25) is 0 Å². The molecule has 2 atom stereocenters. The third-order valence-corrected chi connectivity index (χ3v) is 4.62. The van der Waals surface area contributed by atoms with Crippen LogP contribution in [0.15, 0.2) is 0 Å². The molecular formula is C12H20O3. The van der Waals surface area contributed by atoms with E-state index in [0.29, 0.717) is 0 Å². The fourth-order valence-electron chi connectivity index (χ4n) is 3.84. The highest BCUT2D eigenvalue weighted by Gasteiger charge is 2.54. The van der Waals surface area contributed by atoms with Crippen molar-refractivity contribution in [3.8, 4) is 0 Å². The lowest BCUT2D eigenvalue weighted by molar-refractivity contribution is -0.167. The van der Waals surface area contributed by atoms with Gasteiger partial charge >= 0.3 is 5.97 Å². The van der Waals surface area contributed by atoms with E-state index in [9.17, 15) is 9.90 Å². The summed E-state index contributed by atoms with van der Waals surface area (Å²) in [7, 11) is 0. The normalized spacial score (nSPS) is 33.1. The molecule has 0 aliphatic heterocycles. The van der Waals surface area contributed by atoms with Gasteiger partial charge in [-0.15, -0.1) is 0 Å². The molecule has 0 amide bonds. The molecule has 2 aliphatic rings. The Morgan fingerprint density at radius 3 is 2.33 bits per heavy atom. The monoisotopic (exact) mass is 212 g/mol. The molecular weight excluding hydrogens is 192 g/mol. The summed E-state index contributed by atoms with van der Waals surface area (Å²) in [6.07, 6.45) is 7.69. The van der Waals surface area contributed by atoms with Crippen LogP contribution in [0.5, 0.6) is 0 Å². The molecule has 2 N–H and O–H groups in total. The number of aliphatic carboxylic acids is 1. The van der Waals surface area contributed by atoms with Crippen LogP contribution in [0.3, 0.4) is 0 Å². The van der Waals surface area contributed by atoms with Crippen LogP contribution in [-0.4, -0.2) is 21.8 Å². The summed E-state index contributed by atoms with van der Waals surface area (Å²) < 4.78 is 0. The van der Waals surface area contributed by atoms with Gasteiger partial charge in [0.25, 0.3) is 0 Å². The van der Waals surface area contributed by atoms with Crippen LogP contribution in [0.1, 0.15) is 51.9 Å². The Bertz CT molecular complexity index is 259. The molecule has 0 aromatic heterocycles. The summed E-state index contributed by atoms with van der Waals surface area (Å²) in [6.45, 7) is 1.48. The minimum atomic E-state index is -1.53. The predicted octanol–water partition coefficient (Wildman–Crippen LogP) is 2.18. The summed E-state index contributed by atoms with van der Waals surface area (Å²) in [6, 6.07) is 0. The average Bonchev–Trinajstić information content (AvgIpc) is 2.77. The van der Waals surface area contributed by atoms with Crippen molar-refractivity contribution < 1.29 is 15.0 Å². The van der Waals surface area contributed by atoms with Crippen molar-refractivity contribution in [2.45, 2.75) is 57.5 Å². The molecule has 2 unspecified atom stereocenters. The first-order chi connectivity index (χ1) is 6.99. The van der Waals surface area contributed by atoms with Gasteiger partial charge in [-0.05, 0) is 38.0 Å². The van der Waals surface area contributed by atoms with Crippen molar-refractivity contribution in [2.24, 2.45) is 11.3 Å². The molecule has 3 heteroatoms. The van der Waals surface area contributed by atoms with Crippen molar-refractivity contribution in [3.05, 3.63) is 0 Å². The number of carboxylic acid groups (broad SMARTS) is 1. The summed E-state index contributed by atoms with van der Waals surface area (Å²) in [5, 5.41) is 19.2. The number of rotatable bonds is 2. The minimum Gasteiger partial charge on any atom is -0.479 e. The fraction of sp³-hybridized carbons (Fsp3) is 0.917. The highest BCUT2D eigenvalue weighted by molar-refractivity contribution is 5.77. The Morgan fingerprint density at radius 1 is 1.27 bits per heavy atom. The molecule has 0 saturated heterocycles. The molecule has 0 aromatic carbocycles. The highest BCUT2D eigenvalue weighted by atomic mass is 16.4. The average molecular weight is 212 g/mol. The zero-order chi connectivity index (χ0) is 11.1. The van der Waals surface area contributed by atoms with Crippen LogP contribution in [0.2, 0.25) is 0 Å². The van der Waals surface area contributed by atoms with Crippen molar-refractivity contribution in [1.29, 1.82) is 0 Å². The minimum absolute atomic E-state index is 0.0370. The third-order valence-electron chi connectivity index (χ3n) is 4.62. The van der Waals surface area contributed by atoms with Crippen LogP contribution >= 0.6 is 0 Å². The van der Waals surface area contributed by atoms with Gasteiger partial charge in [0, 0.05) is 5.92 Å². The van der Waals surface area contributed by atoms with E-state index >= 15 is 0 Å². The SMILES string of the molecule is CC(O)(C(=O)O)C1CCCC12CCCC2. The lowest BCUT2D eigenvalue weighted by Crippen LogP contribution is -2.48. The van der Waals surface area contributed by atoms with Gasteiger partial charge in [-0.25, -0.2) is 4.79 Å². The number of aliphatic hydroxyl groups is 1. The van der Waals surface area contributed by atoms with Gasteiger partial charge in [0.05, 0.1) is 0 Å². The van der Waals surface area contributed by atoms with Gasteiger partial charge < -0.3 is 10.2 Å². The Kier molecular flexibility index (Phi) is 2.53. The second-order valence-corrected chi connectivity index (χ2v) is 5.47. The smallest absolute Gasteiger partial charge is 0.335 e. The Morgan fingerprint density at radius 2 is 1.80 bits per heavy atom. The first-order valence-corrected chi connectivity index (χ1v) is 5.95. The van der Waals surface area contributed by atoms with E-state index in [2.05, 4.69) is 0 Å². The molecule has 2 saturated carbocycles. The first-order valence-electron chi connectivity index (χ1n) is 5.95. The van der Waals surface area contributed by atoms with E-state index in [-0.39, 0.29) is 11.3 Å². The topological polar surface area (TPSA) is 57.5 Å². The van der Waals surface area contributed by atoms with Gasteiger partial charge in [-0.3, -0.25) is 0 Å². The van der Waals surface area contributed by atoms with E-state index in [1.807, 2.05) is 0 Å². The van der Waals surface area contributed by atoms with Gasteiger partial charge in [0.1, 0.15) is 0 Å². The van der Waals surface area contributed by atoms with Crippen LogP contribution < -0.4 is 0 Å². The summed E-state index contributed by atoms with van der Waals surface area (Å²) in [5.74, 6) is -1.09. The largest absolute Gasteiger partial charge is 0.479 e. The van der Waals surface area contributed by atoms with Crippen molar-refractivity contribution >= 4 is 5.97 Å². The van der Waals surface area contributed by atoms with Gasteiger partial charge in [-0.1, -0.05) is 19.3 Å². The number of hydrogen-bond acceptors (Lipinski definition) is 2. The van der Waals surface area contributed by atoms with E-state index in [1.54, 1.807) is 0 Å². The van der Waals surface area contributed by atoms with Crippen molar-refractivity contribution in [1.82, 2.24) is 0 Å². The second kappa shape index (κ2) is 3.48. The number of hydrogen-bond donors (Lipinski definition) is 2. The molecule has 0 aromatic rings. The quantitative estimate of drug-likeness (QED) is 0.737. The number of carboxylic acids is 1. The lowest BCUT2D eigenvalue weighted by atomic mass is 9.69. The van der Waals surface area contributed by atoms with Crippen LogP contribution in [-0.2, 0) is 4.79 Å². The molecule has 2 rings (SSSR count). The molecule has 2 fully saturated rings.